The van der Waals surface area contributed by atoms with Crippen molar-refractivity contribution in [3.63, 3.8) is 0 Å². The monoisotopic (exact) mass is 391 g/mol. The van der Waals surface area contributed by atoms with E-state index in [4.69, 9.17) is 19.7 Å². The van der Waals surface area contributed by atoms with Crippen molar-refractivity contribution in [3.8, 4) is 22.6 Å². The summed E-state index contributed by atoms with van der Waals surface area (Å²) in [7, 11) is -2.09. The molecule has 0 saturated carbocycles. The average Bonchev–Trinajstić information content (AvgIpc) is 2.59. The second-order valence-electron chi connectivity index (χ2n) is 6.45. The van der Waals surface area contributed by atoms with Crippen molar-refractivity contribution in [2.24, 2.45) is 5.14 Å². The molecule has 2 aromatic rings. The molecule has 3 rings (SSSR count). The number of hydrogen-bond acceptors (Lipinski definition) is 5. The summed E-state index contributed by atoms with van der Waals surface area (Å²) in [5, 5.41) is 14.1. The third-order valence-electron chi connectivity index (χ3n) is 4.43. The van der Waals surface area contributed by atoms with Gasteiger partial charge in [-0.3, -0.25) is 4.79 Å². The quantitative estimate of drug-likeness (QED) is 0.750. The SMILES string of the molecule is COc1cccc2c1-c1ccc(CS(N)(=O)=O)cc1C(CCCC(=O)O)O2. The van der Waals surface area contributed by atoms with Gasteiger partial charge in [-0.2, -0.15) is 0 Å². The molecular formula is C19H21NO6S. The van der Waals surface area contributed by atoms with E-state index in [-0.39, 0.29) is 18.3 Å². The first-order valence-corrected chi connectivity index (χ1v) is 10.2. The number of ether oxygens (including phenoxy) is 2. The maximum Gasteiger partial charge on any atom is 0.303 e. The topological polar surface area (TPSA) is 116 Å². The van der Waals surface area contributed by atoms with Crippen molar-refractivity contribution in [1.82, 2.24) is 0 Å². The van der Waals surface area contributed by atoms with Crippen LogP contribution in [0.1, 0.15) is 36.5 Å². The van der Waals surface area contributed by atoms with Crippen LogP contribution in [0.4, 0.5) is 0 Å². The number of fused-ring (bicyclic) bond motifs is 3. The van der Waals surface area contributed by atoms with Gasteiger partial charge in [0.2, 0.25) is 10.0 Å². The second-order valence-corrected chi connectivity index (χ2v) is 8.07. The van der Waals surface area contributed by atoms with Crippen molar-refractivity contribution >= 4 is 16.0 Å². The lowest BCUT2D eigenvalue weighted by molar-refractivity contribution is -0.137. The van der Waals surface area contributed by atoms with Gasteiger partial charge in [-0.15, -0.1) is 0 Å². The van der Waals surface area contributed by atoms with E-state index in [1.807, 2.05) is 24.3 Å². The molecular weight excluding hydrogens is 370 g/mol. The van der Waals surface area contributed by atoms with E-state index in [1.165, 1.54) is 0 Å². The lowest BCUT2D eigenvalue weighted by Crippen LogP contribution is -2.17. The van der Waals surface area contributed by atoms with Crippen LogP contribution in [0.15, 0.2) is 36.4 Å². The highest BCUT2D eigenvalue weighted by Gasteiger charge is 2.29. The number of primary sulfonamides is 1. The number of rotatable bonds is 7. The molecule has 144 valence electrons. The van der Waals surface area contributed by atoms with Gasteiger partial charge in [-0.05, 0) is 36.1 Å². The number of benzene rings is 2. The number of carboxylic acids is 1. The van der Waals surface area contributed by atoms with Crippen LogP contribution in [0.2, 0.25) is 0 Å². The van der Waals surface area contributed by atoms with Crippen LogP contribution >= 0.6 is 0 Å². The minimum Gasteiger partial charge on any atom is -0.496 e. The van der Waals surface area contributed by atoms with Crippen molar-refractivity contribution in [2.75, 3.05) is 7.11 Å². The predicted molar refractivity (Wildman–Crippen MR) is 100 cm³/mol. The molecule has 1 heterocycles. The molecule has 1 aliphatic heterocycles. The Bertz CT molecular complexity index is 970. The van der Waals surface area contributed by atoms with E-state index in [0.29, 0.717) is 29.9 Å². The number of sulfonamides is 1. The van der Waals surface area contributed by atoms with Crippen molar-refractivity contribution < 1.29 is 27.8 Å². The van der Waals surface area contributed by atoms with Gasteiger partial charge in [-0.25, -0.2) is 13.6 Å². The molecule has 0 aromatic heterocycles. The maximum absolute atomic E-state index is 11.5. The highest BCUT2D eigenvalue weighted by Crippen LogP contribution is 2.48. The van der Waals surface area contributed by atoms with Crippen LogP contribution in [0.5, 0.6) is 11.5 Å². The van der Waals surface area contributed by atoms with E-state index >= 15 is 0 Å². The van der Waals surface area contributed by atoms with Crippen LogP contribution in [0, 0.1) is 0 Å². The highest BCUT2D eigenvalue weighted by atomic mass is 32.2. The smallest absolute Gasteiger partial charge is 0.303 e. The van der Waals surface area contributed by atoms with Gasteiger partial charge in [-0.1, -0.05) is 24.3 Å². The van der Waals surface area contributed by atoms with E-state index in [9.17, 15) is 13.2 Å². The summed E-state index contributed by atoms with van der Waals surface area (Å²) in [6.45, 7) is 0. The average molecular weight is 391 g/mol. The van der Waals surface area contributed by atoms with Crippen LogP contribution in [-0.2, 0) is 20.6 Å². The summed E-state index contributed by atoms with van der Waals surface area (Å²) in [5.41, 5.74) is 3.04. The van der Waals surface area contributed by atoms with Crippen LogP contribution in [0.3, 0.4) is 0 Å². The molecule has 0 saturated heterocycles. The van der Waals surface area contributed by atoms with E-state index < -0.39 is 16.0 Å². The first-order chi connectivity index (χ1) is 12.8. The zero-order valence-electron chi connectivity index (χ0n) is 14.8. The molecule has 0 amide bonds. The predicted octanol–water partition coefficient (Wildman–Crippen LogP) is 2.84. The summed E-state index contributed by atoms with van der Waals surface area (Å²) >= 11 is 0. The fraction of sp³-hybridized carbons (Fsp3) is 0.316. The molecule has 1 unspecified atom stereocenters. The summed E-state index contributed by atoms with van der Waals surface area (Å²) < 4.78 is 34.5. The number of methoxy groups -OCH3 is 1. The molecule has 1 aliphatic rings. The minimum atomic E-state index is -3.67. The Labute approximate surface area is 157 Å². The number of aliphatic carboxylic acids is 1. The molecule has 0 spiro atoms. The number of carboxylic acid groups (broad SMARTS) is 1. The van der Waals surface area contributed by atoms with Crippen LogP contribution in [0.25, 0.3) is 11.1 Å². The highest BCUT2D eigenvalue weighted by molar-refractivity contribution is 7.88. The molecule has 0 aliphatic carbocycles. The molecule has 0 radical (unpaired) electrons. The molecule has 0 bridgehead atoms. The van der Waals surface area contributed by atoms with Gasteiger partial charge in [0.15, 0.2) is 0 Å². The largest absolute Gasteiger partial charge is 0.496 e. The number of hydrogen-bond donors (Lipinski definition) is 2. The molecule has 3 N–H and O–H groups in total. The Hall–Kier alpha value is -2.58. The van der Waals surface area contributed by atoms with E-state index in [2.05, 4.69) is 0 Å². The number of nitrogens with two attached hydrogens (primary N) is 1. The Balaban J connectivity index is 2.05. The van der Waals surface area contributed by atoms with Gasteiger partial charge in [0.1, 0.15) is 17.6 Å². The van der Waals surface area contributed by atoms with Gasteiger partial charge in [0.05, 0.1) is 18.4 Å². The minimum absolute atomic E-state index is 0.0387. The molecule has 7 nitrogen and oxygen atoms in total. The molecule has 2 aromatic carbocycles. The standard InChI is InChI=1S/C19H21NO6S/c1-25-16-5-2-6-17-19(16)13-9-8-12(11-27(20,23)24)10-14(13)15(26-17)4-3-7-18(21)22/h2,5-6,8-10,15H,3-4,7,11H2,1H3,(H,21,22)(H2,20,23,24). The lowest BCUT2D eigenvalue weighted by atomic mass is 9.89. The zero-order chi connectivity index (χ0) is 19.6. The Morgan fingerprint density at radius 2 is 2.07 bits per heavy atom. The molecule has 27 heavy (non-hydrogen) atoms. The molecule has 0 fully saturated rings. The number of carbonyl (C=O) groups is 1. The summed E-state index contributed by atoms with van der Waals surface area (Å²) in [5.74, 6) is 0.162. The van der Waals surface area contributed by atoms with Crippen LogP contribution in [-0.4, -0.2) is 26.6 Å². The maximum atomic E-state index is 11.5. The Kier molecular flexibility index (Phi) is 5.38. The van der Waals surface area contributed by atoms with Gasteiger partial charge in [0, 0.05) is 12.0 Å². The van der Waals surface area contributed by atoms with Crippen LogP contribution < -0.4 is 14.6 Å². The first-order valence-electron chi connectivity index (χ1n) is 8.47. The van der Waals surface area contributed by atoms with Crippen molar-refractivity contribution in [2.45, 2.75) is 31.1 Å². The lowest BCUT2D eigenvalue weighted by Gasteiger charge is -2.30. The van der Waals surface area contributed by atoms with Gasteiger partial charge >= 0.3 is 5.97 Å². The molecule has 8 heteroatoms. The Morgan fingerprint density at radius 1 is 1.30 bits per heavy atom. The third-order valence-corrected chi connectivity index (χ3v) is 5.17. The van der Waals surface area contributed by atoms with E-state index in [1.54, 1.807) is 19.2 Å². The van der Waals surface area contributed by atoms with Crippen molar-refractivity contribution in [3.05, 3.63) is 47.5 Å². The van der Waals surface area contributed by atoms with Crippen molar-refractivity contribution in [1.29, 1.82) is 0 Å². The van der Waals surface area contributed by atoms with E-state index in [0.717, 1.165) is 16.7 Å². The summed E-state index contributed by atoms with van der Waals surface area (Å²) in [6, 6.07) is 10.8. The van der Waals surface area contributed by atoms with Gasteiger partial charge < -0.3 is 14.6 Å². The normalized spacial score (nSPS) is 15.4. The fourth-order valence-corrected chi connectivity index (χ4v) is 3.99. The third kappa shape index (κ3) is 4.40. The summed E-state index contributed by atoms with van der Waals surface area (Å²) in [6.07, 6.45) is 0.601. The first kappa shape index (κ1) is 19.2. The second kappa shape index (κ2) is 7.58. The summed E-state index contributed by atoms with van der Waals surface area (Å²) in [4.78, 5) is 10.8. The van der Waals surface area contributed by atoms with Gasteiger partial charge in [0.25, 0.3) is 0 Å². The fourth-order valence-electron chi connectivity index (χ4n) is 3.34. The molecule has 1 atom stereocenters. The zero-order valence-corrected chi connectivity index (χ0v) is 15.7. The Morgan fingerprint density at radius 3 is 2.74 bits per heavy atom.